The predicted octanol–water partition coefficient (Wildman–Crippen LogP) is 5.07. The Kier molecular flexibility index (Phi) is 4.66. The lowest BCUT2D eigenvalue weighted by atomic mass is 10.0. The average molecular weight is 398 g/mol. The standard InChI is InChI=1S/C22H17F3N2O2/c1-29-18-7-2-4-14(10-18)13-27-20-9-8-16(12-19(20)26-21(27)28)15-5-3-6-17(11-15)22(23,24)25/h2-12H,13H2,1H3,(H,26,28). The van der Waals surface area contributed by atoms with Crippen molar-refractivity contribution in [1.29, 1.82) is 0 Å². The van der Waals surface area contributed by atoms with Crippen LogP contribution in [-0.2, 0) is 12.7 Å². The molecule has 29 heavy (non-hydrogen) atoms. The maximum Gasteiger partial charge on any atom is 0.416 e. The van der Waals surface area contributed by atoms with Gasteiger partial charge in [-0.05, 0) is 53.1 Å². The third kappa shape index (κ3) is 3.76. The highest BCUT2D eigenvalue weighted by atomic mass is 19.4. The SMILES string of the molecule is COc1cccc(Cn2c(=O)[nH]c3cc(-c4cccc(C(F)(F)F)c4)ccc32)c1. The number of aromatic amines is 1. The Morgan fingerprint density at radius 2 is 1.72 bits per heavy atom. The number of nitrogens with zero attached hydrogens (tertiary/aromatic N) is 1. The molecule has 0 bridgehead atoms. The van der Waals surface area contributed by atoms with E-state index in [4.69, 9.17) is 4.74 Å². The fourth-order valence-electron chi connectivity index (χ4n) is 3.33. The first kappa shape index (κ1) is 18.9. The molecule has 0 saturated carbocycles. The highest BCUT2D eigenvalue weighted by Gasteiger charge is 2.30. The monoisotopic (exact) mass is 398 g/mol. The molecule has 0 spiro atoms. The molecule has 4 rings (SSSR count). The fraction of sp³-hybridized carbons (Fsp3) is 0.136. The van der Waals surface area contributed by atoms with Gasteiger partial charge in [-0.3, -0.25) is 4.57 Å². The zero-order valence-electron chi connectivity index (χ0n) is 15.5. The van der Waals surface area contributed by atoms with Gasteiger partial charge in [0, 0.05) is 0 Å². The molecule has 0 aliphatic carbocycles. The lowest BCUT2D eigenvalue weighted by molar-refractivity contribution is -0.137. The van der Waals surface area contributed by atoms with E-state index < -0.39 is 11.7 Å². The molecule has 4 aromatic rings. The number of rotatable bonds is 4. The molecular weight excluding hydrogens is 381 g/mol. The molecule has 148 valence electrons. The molecule has 0 atom stereocenters. The number of nitrogens with one attached hydrogen (secondary N) is 1. The van der Waals surface area contributed by atoms with E-state index in [9.17, 15) is 18.0 Å². The first-order valence-electron chi connectivity index (χ1n) is 8.88. The highest BCUT2D eigenvalue weighted by Crippen LogP contribution is 2.32. The quantitative estimate of drug-likeness (QED) is 0.522. The maximum atomic E-state index is 13.0. The van der Waals surface area contributed by atoms with E-state index in [1.165, 1.54) is 6.07 Å². The van der Waals surface area contributed by atoms with Gasteiger partial charge in [0.1, 0.15) is 5.75 Å². The molecule has 0 aliphatic heterocycles. The van der Waals surface area contributed by atoms with Crippen LogP contribution >= 0.6 is 0 Å². The summed E-state index contributed by atoms with van der Waals surface area (Å²) < 4.78 is 45.8. The van der Waals surface area contributed by atoms with E-state index in [-0.39, 0.29) is 5.69 Å². The van der Waals surface area contributed by atoms with Crippen molar-refractivity contribution in [3.8, 4) is 16.9 Å². The van der Waals surface area contributed by atoms with Gasteiger partial charge < -0.3 is 9.72 Å². The molecule has 3 aromatic carbocycles. The first-order valence-corrected chi connectivity index (χ1v) is 8.88. The van der Waals surface area contributed by atoms with E-state index in [0.29, 0.717) is 34.5 Å². The Labute approximate surface area is 164 Å². The number of ether oxygens (including phenoxy) is 1. The van der Waals surface area contributed by atoms with Crippen LogP contribution in [0.1, 0.15) is 11.1 Å². The molecule has 0 saturated heterocycles. The number of fused-ring (bicyclic) bond motifs is 1. The third-order valence-corrected chi connectivity index (χ3v) is 4.77. The van der Waals surface area contributed by atoms with E-state index in [0.717, 1.165) is 17.7 Å². The van der Waals surface area contributed by atoms with Gasteiger partial charge in [-0.2, -0.15) is 13.2 Å². The Hall–Kier alpha value is -3.48. The van der Waals surface area contributed by atoms with Gasteiger partial charge in [0.05, 0.1) is 30.3 Å². The summed E-state index contributed by atoms with van der Waals surface area (Å²) in [5.41, 5.74) is 2.17. The van der Waals surface area contributed by atoms with E-state index in [2.05, 4.69) is 4.98 Å². The van der Waals surface area contributed by atoms with Crippen LogP contribution in [0, 0.1) is 0 Å². The zero-order chi connectivity index (χ0) is 20.6. The minimum Gasteiger partial charge on any atom is -0.497 e. The Balaban J connectivity index is 1.73. The van der Waals surface area contributed by atoms with E-state index in [1.807, 2.05) is 24.3 Å². The summed E-state index contributed by atoms with van der Waals surface area (Å²) in [6.07, 6.45) is -4.41. The minimum atomic E-state index is -4.41. The van der Waals surface area contributed by atoms with Crippen molar-refractivity contribution in [3.63, 3.8) is 0 Å². The number of hydrogen-bond donors (Lipinski definition) is 1. The highest BCUT2D eigenvalue weighted by molar-refractivity contribution is 5.82. The molecule has 1 heterocycles. The molecule has 4 nitrogen and oxygen atoms in total. The van der Waals surface area contributed by atoms with Crippen LogP contribution < -0.4 is 10.4 Å². The van der Waals surface area contributed by atoms with Gasteiger partial charge >= 0.3 is 11.9 Å². The van der Waals surface area contributed by atoms with Crippen LogP contribution in [0.3, 0.4) is 0 Å². The molecule has 0 unspecified atom stereocenters. The van der Waals surface area contributed by atoms with Crippen LogP contribution in [0.2, 0.25) is 0 Å². The third-order valence-electron chi connectivity index (χ3n) is 4.77. The van der Waals surface area contributed by atoms with Crippen molar-refractivity contribution in [2.45, 2.75) is 12.7 Å². The Morgan fingerprint density at radius 1 is 0.966 bits per heavy atom. The number of methoxy groups -OCH3 is 1. The maximum absolute atomic E-state index is 13.0. The second-order valence-corrected chi connectivity index (χ2v) is 6.68. The summed E-state index contributed by atoms with van der Waals surface area (Å²) in [4.78, 5) is 15.2. The lowest BCUT2D eigenvalue weighted by Crippen LogP contribution is -2.17. The molecule has 1 N–H and O–H groups in total. The van der Waals surface area contributed by atoms with Crippen LogP contribution in [0.25, 0.3) is 22.2 Å². The van der Waals surface area contributed by atoms with Crippen molar-refractivity contribution >= 4 is 11.0 Å². The van der Waals surface area contributed by atoms with Gasteiger partial charge in [-0.25, -0.2) is 4.79 Å². The van der Waals surface area contributed by atoms with Gasteiger partial charge in [0.25, 0.3) is 0 Å². The average Bonchev–Trinajstić information content (AvgIpc) is 3.02. The van der Waals surface area contributed by atoms with Crippen LogP contribution in [0.5, 0.6) is 5.75 Å². The second-order valence-electron chi connectivity index (χ2n) is 6.68. The number of hydrogen-bond acceptors (Lipinski definition) is 2. The van der Waals surface area contributed by atoms with Gasteiger partial charge in [-0.1, -0.05) is 30.3 Å². The summed E-state index contributed by atoms with van der Waals surface area (Å²) in [5, 5.41) is 0. The predicted molar refractivity (Wildman–Crippen MR) is 105 cm³/mol. The summed E-state index contributed by atoms with van der Waals surface area (Å²) in [6.45, 7) is 0.346. The number of halogens is 3. The molecule has 0 amide bonds. The van der Waals surface area contributed by atoms with Gasteiger partial charge in [0.15, 0.2) is 0 Å². The normalized spacial score (nSPS) is 11.7. The Morgan fingerprint density at radius 3 is 2.48 bits per heavy atom. The molecule has 0 fully saturated rings. The van der Waals surface area contributed by atoms with Crippen molar-refractivity contribution in [2.24, 2.45) is 0 Å². The van der Waals surface area contributed by atoms with Crippen LogP contribution in [0.15, 0.2) is 71.5 Å². The largest absolute Gasteiger partial charge is 0.497 e. The summed E-state index contributed by atoms with van der Waals surface area (Å²) in [7, 11) is 1.58. The van der Waals surface area contributed by atoms with Crippen molar-refractivity contribution in [1.82, 2.24) is 9.55 Å². The number of alkyl halides is 3. The van der Waals surface area contributed by atoms with Crippen molar-refractivity contribution < 1.29 is 17.9 Å². The van der Waals surface area contributed by atoms with E-state index in [1.54, 1.807) is 35.9 Å². The first-order chi connectivity index (χ1) is 13.8. The number of benzene rings is 3. The molecule has 0 aliphatic rings. The van der Waals surface area contributed by atoms with Crippen molar-refractivity contribution in [3.05, 3.63) is 88.3 Å². The molecule has 0 radical (unpaired) electrons. The summed E-state index contributed by atoms with van der Waals surface area (Å²) in [6, 6.07) is 17.7. The second kappa shape index (κ2) is 7.16. The topological polar surface area (TPSA) is 47.0 Å². The lowest BCUT2D eigenvalue weighted by Gasteiger charge is -2.09. The molecule has 1 aromatic heterocycles. The fourth-order valence-corrected chi connectivity index (χ4v) is 3.33. The summed E-state index contributed by atoms with van der Waals surface area (Å²) >= 11 is 0. The molecular formula is C22H17F3N2O2. The molecule has 7 heteroatoms. The van der Waals surface area contributed by atoms with Crippen LogP contribution in [-0.4, -0.2) is 16.7 Å². The number of aromatic nitrogens is 2. The number of H-pyrrole nitrogens is 1. The minimum absolute atomic E-state index is 0.288. The van der Waals surface area contributed by atoms with E-state index >= 15 is 0 Å². The zero-order valence-corrected chi connectivity index (χ0v) is 15.5. The Bertz CT molecular complexity index is 1240. The number of imidazole rings is 1. The summed E-state index contributed by atoms with van der Waals surface area (Å²) in [5.74, 6) is 0.697. The van der Waals surface area contributed by atoms with Crippen molar-refractivity contribution in [2.75, 3.05) is 7.11 Å². The van der Waals surface area contributed by atoms with Crippen LogP contribution in [0.4, 0.5) is 13.2 Å². The van der Waals surface area contributed by atoms with Gasteiger partial charge in [-0.15, -0.1) is 0 Å². The van der Waals surface area contributed by atoms with Gasteiger partial charge in [0.2, 0.25) is 0 Å². The smallest absolute Gasteiger partial charge is 0.416 e.